The lowest BCUT2D eigenvalue weighted by Gasteiger charge is -2.34. The molecule has 0 aromatic heterocycles. The van der Waals surface area contributed by atoms with Crippen LogP contribution >= 0.6 is 92.8 Å². The van der Waals surface area contributed by atoms with Gasteiger partial charge in [-0.3, -0.25) is 0 Å². The molecule has 0 spiro atoms. The van der Waals surface area contributed by atoms with Crippen LogP contribution in [-0.2, 0) is 4.74 Å². The number of fused-ring (bicyclic) bond motifs is 5. The normalized spacial score (nSPS) is 57.3. The highest BCUT2D eigenvalue weighted by molar-refractivity contribution is 6.66. The van der Waals surface area contributed by atoms with Gasteiger partial charge in [0.1, 0.15) is 20.9 Å². The van der Waals surface area contributed by atoms with E-state index in [1.54, 1.807) is 0 Å². The molecule has 18 heavy (non-hydrogen) atoms. The van der Waals surface area contributed by atoms with E-state index in [9.17, 15) is 0 Å². The van der Waals surface area contributed by atoms with Crippen LogP contribution in [0.3, 0.4) is 0 Å². The molecule has 0 unspecified atom stereocenters. The largest absolute Gasteiger partial charge is 0.343 e. The predicted octanol–water partition coefficient (Wildman–Crippen LogP) is 5.22. The van der Waals surface area contributed by atoms with E-state index in [0.717, 1.165) is 0 Å². The quantitative estimate of drug-likeness (QED) is 0.496. The summed E-state index contributed by atoms with van der Waals surface area (Å²) in [6, 6.07) is 0. The topological polar surface area (TPSA) is 9.23 Å². The number of rotatable bonds is 0. The molecule has 0 aromatic carbocycles. The molecule has 1 nitrogen and oxygen atoms in total. The zero-order valence-corrected chi connectivity index (χ0v) is 14.3. The maximum Gasteiger partial charge on any atom is 0.167 e. The summed E-state index contributed by atoms with van der Waals surface area (Å²) in [5.41, 5.74) is -1.57. The summed E-state index contributed by atoms with van der Waals surface area (Å²) in [7, 11) is 0. The third-order valence-electron chi connectivity index (χ3n) is 3.88. The molecular weight excluding hydrogens is 408 g/mol. The summed E-state index contributed by atoms with van der Waals surface area (Å²) in [6.45, 7) is 0. The van der Waals surface area contributed by atoms with E-state index >= 15 is 0 Å². The molecule has 6 atom stereocenters. The minimum Gasteiger partial charge on any atom is -0.343 e. The zero-order chi connectivity index (χ0) is 13.7. The van der Waals surface area contributed by atoms with Crippen molar-refractivity contribution in [3.63, 3.8) is 0 Å². The van der Waals surface area contributed by atoms with Gasteiger partial charge in [-0.05, 0) is 0 Å². The van der Waals surface area contributed by atoms with Crippen LogP contribution in [0.1, 0.15) is 0 Å². The fraction of sp³-hybridized carbons (Fsp3) is 0.778. The standard InChI is InChI=1S/C9H4Cl8O/c10-3-4(11)8(15)2-1(5(12)18-6(2)13)7(3,14)9(8,16)17/h1-2,5-6H/t1-,2+,5+,6-,7-,8-/m0/s1. The molecule has 2 aliphatic carbocycles. The highest BCUT2D eigenvalue weighted by Gasteiger charge is 2.86. The van der Waals surface area contributed by atoms with Crippen molar-refractivity contribution in [3.8, 4) is 0 Å². The molecule has 3 rings (SSSR count). The molecule has 0 N–H and O–H groups in total. The van der Waals surface area contributed by atoms with Gasteiger partial charge < -0.3 is 4.74 Å². The minimum absolute atomic E-state index is 0.104. The maximum atomic E-state index is 6.54. The van der Waals surface area contributed by atoms with Crippen molar-refractivity contribution >= 4 is 92.8 Å². The fourth-order valence-corrected chi connectivity index (χ4v) is 7.18. The van der Waals surface area contributed by atoms with E-state index in [0.29, 0.717) is 0 Å². The van der Waals surface area contributed by atoms with E-state index in [4.69, 9.17) is 97.5 Å². The van der Waals surface area contributed by atoms with Crippen molar-refractivity contribution in [3.05, 3.63) is 10.1 Å². The lowest BCUT2D eigenvalue weighted by atomic mass is 9.84. The minimum atomic E-state index is -1.61. The fourth-order valence-electron chi connectivity index (χ4n) is 3.05. The second-order valence-corrected chi connectivity index (χ2v) is 8.65. The molecule has 1 heterocycles. The van der Waals surface area contributed by atoms with E-state index in [1.165, 1.54) is 0 Å². The van der Waals surface area contributed by atoms with Crippen molar-refractivity contribution in [2.45, 2.75) is 25.2 Å². The Balaban J connectivity index is 2.30. The van der Waals surface area contributed by atoms with E-state index in [2.05, 4.69) is 0 Å². The van der Waals surface area contributed by atoms with Gasteiger partial charge in [0.25, 0.3) is 0 Å². The Morgan fingerprint density at radius 3 is 1.44 bits per heavy atom. The molecule has 0 aromatic rings. The number of hydrogen-bond donors (Lipinski definition) is 0. The van der Waals surface area contributed by atoms with Gasteiger partial charge >= 0.3 is 0 Å². The van der Waals surface area contributed by atoms with Gasteiger partial charge in [-0.15, -0.1) is 23.2 Å². The number of hydrogen-bond acceptors (Lipinski definition) is 1. The summed E-state index contributed by atoms with van der Waals surface area (Å²) in [5.74, 6) is -1.04. The first-order valence-electron chi connectivity index (χ1n) is 4.87. The Bertz CT molecular complexity index is 425. The van der Waals surface area contributed by atoms with Crippen LogP contribution in [-0.4, -0.2) is 25.2 Å². The summed E-state index contributed by atoms with van der Waals surface area (Å²) in [6.07, 6.45) is 0. The first kappa shape index (κ1) is 14.9. The second-order valence-electron chi connectivity index (χ2n) is 4.52. The van der Waals surface area contributed by atoms with Crippen LogP contribution in [0.25, 0.3) is 0 Å². The van der Waals surface area contributed by atoms with Crippen LogP contribution in [0.15, 0.2) is 10.1 Å². The average Bonchev–Trinajstić information content (AvgIpc) is 2.68. The highest BCUT2D eigenvalue weighted by atomic mass is 35.5. The monoisotopic (exact) mass is 408 g/mol. The van der Waals surface area contributed by atoms with Gasteiger partial charge in [-0.2, -0.15) is 0 Å². The van der Waals surface area contributed by atoms with Crippen molar-refractivity contribution in [1.82, 2.24) is 0 Å². The molecule has 102 valence electrons. The van der Waals surface area contributed by atoms with E-state index in [1.807, 2.05) is 0 Å². The summed E-state index contributed by atoms with van der Waals surface area (Å²) >= 11 is 50.3. The summed E-state index contributed by atoms with van der Waals surface area (Å²) < 4.78 is 3.72. The molecule has 1 saturated heterocycles. The van der Waals surface area contributed by atoms with Gasteiger partial charge in [0, 0.05) is 11.8 Å². The molecule has 0 amide bonds. The SMILES string of the molecule is ClC1=C(Cl)[C@@]2(Cl)[C@H]3[C@H]([C@@H](Cl)O[C@H]3Cl)[C@@]1(Cl)C2(Cl)Cl. The number of ether oxygens (including phenoxy) is 1. The molecule has 9 heteroatoms. The molecule has 2 bridgehead atoms. The van der Waals surface area contributed by atoms with Gasteiger partial charge in [-0.1, -0.05) is 69.6 Å². The zero-order valence-electron chi connectivity index (χ0n) is 8.24. The summed E-state index contributed by atoms with van der Waals surface area (Å²) in [4.78, 5) is -2.81. The highest BCUT2D eigenvalue weighted by Crippen LogP contribution is 2.79. The van der Waals surface area contributed by atoms with Crippen molar-refractivity contribution in [2.75, 3.05) is 0 Å². The first-order chi connectivity index (χ1) is 8.11. The number of allylic oxidation sites excluding steroid dienone is 2. The Kier molecular flexibility index (Phi) is 3.37. The van der Waals surface area contributed by atoms with Crippen LogP contribution < -0.4 is 0 Å². The predicted molar refractivity (Wildman–Crippen MR) is 77.7 cm³/mol. The first-order valence-corrected chi connectivity index (χ1v) is 8.01. The van der Waals surface area contributed by atoms with Crippen LogP contribution in [0.2, 0.25) is 0 Å². The molecule has 1 aliphatic heterocycles. The maximum absolute atomic E-state index is 6.54. The third kappa shape index (κ3) is 1.27. The molecular formula is C9H4Cl8O. The third-order valence-corrected chi connectivity index (χ3v) is 8.92. The molecule has 1 saturated carbocycles. The van der Waals surface area contributed by atoms with Crippen molar-refractivity contribution in [2.24, 2.45) is 11.8 Å². The van der Waals surface area contributed by atoms with Gasteiger partial charge in [0.15, 0.2) is 4.33 Å². The van der Waals surface area contributed by atoms with Gasteiger partial charge in [-0.25, -0.2) is 0 Å². The van der Waals surface area contributed by atoms with Gasteiger partial charge in [0.2, 0.25) is 0 Å². The Morgan fingerprint density at radius 1 is 0.778 bits per heavy atom. The van der Waals surface area contributed by atoms with Gasteiger partial charge in [0.05, 0.1) is 10.1 Å². The van der Waals surface area contributed by atoms with E-state index in [-0.39, 0.29) is 10.1 Å². The lowest BCUT2D eigenvalue weighted by molar-refractivity contribution is 0.112. The number of halogens is 8. The smallest absolute Gasteiger partial charge is 0.167 e. The average molecular weight is 412 g/mol. The molecule has 0 radical (unpaired) electrons. The van der Waals surface area contributed by atoms with Crippen LogP contribution in [0.5, 0.6) is 0 Å². The Hall–Kier alpha value is 2.02. The lowest BCUT2D eigenvalue weighted by Crippen LogP contribution is -2.47. The second kappa shape index (κ2) is 4.06. The molecule has 3 aliphatic rings. The number of alkyl halides is 6. The Morgan fingerprint density at radius 2 is 1.11 bits per heavy atom. The Labute approximate surface area is 143 Å². The van der Waals surface area contributed by atoms with Crippen molar-refractivity contribution < 1.29 is 4.74 Å². The van der Waals surface area contributed by atoms with Crippen LogP contribution in [0, 0.1) is 11.8 Å². The van der Waals surface area contributed by atoms with Crippen LogP contribution in [0.4, 0.5) is 0 Å². The summed E-state index contributed by atoms with van der Waals surface area (Å²) in [5, 5.41) is 0.208. The molecule has 2 fully saturated rings. The van der Waals surface area contributed by atoms with Crippen molar-refractivity contribution in [1.29, 1.82) is 0 Å². The van der Waals surface area contributed by atoms with E-state index < -0.39 is 37.0 Å².